The lowest BCUT2D eigenvalue weighted by Gasteiger charge is -2.44. The number of methoxy groups -OCH3 is 1. The van der Waals surface area contributed by atoms with Gasteiger partial charge in [-0.05, 0) is 130 Å². The standard InChI is InChI=1S/C52H55F4N7O3S/c1-30-32(3)67-50-46(30)48(57-31(2)49-59-58-33(4)63(49)50)42-15-11-37(27-44(42)53)61-20-18-51(65,19-21-61)29-60-22-24-62(25-23-60)38-12-16-43(45(28-38)66-5)47-40(14-8-35-26-39(64)13-17-41(35)47)34-6-9-36(10-7-34)52(54,55)56/h6-7,9-13,15-17,26-28,31,40,47,64-65H,8,14,18-25,29H2,1-5H3/t31-,40+,47-/m0/s1. The van der Waals surface area contributed by atoms with Crippen molar-refractivity contribution in [1.29, 1.82) is 0 Å². The molecule has 0 unspecified atom stereocenters. The fourth-order valence-corrected chi connectivity index (χ4v) is 12.1. The van der Waals surface area contributed by atoms with E-state index in [2.05, 4.69) is 61.5 Å². The lowest BCUT2D eigenvalue weighted by atomic mass is 9.69. The third-order valence-corrected chi connectivity index (χ3v) is 15.9. The Morgan fingerprint density at radius 1 is 0.836 bits per heavy atom. The van der Waals surface area contributed by atoms with E-state index < -0.39 is 17.3 Å². The van der Waals surface area contributed by atoms with Crippen molar-refractivity contribution in [3.8, 4) is 16.5 Å². The molecule has 3 aliphatic heterocycles. The minimum absolute atomic E-state index is 0.0997. The zero-order valence-electron chi connectivity index (χ0n) is 38.4. The molecule has 2 fully saturated rings. The number of fused-ring (bicyclic) bond motifs is 4. The molecule has 0 amide bonds. The first-order chi connectivity index (χ1) is 32.1. The number of hydrogen-bond donors (Lipinski definition) is 2. The van der Waals surface area contributed by atoms with Crippen LogP contribution in [-0.4, -0.2) is 94.1 Å². The Balaban J connectivity index is 0.792. The maximum Gasteiger partial charge on any atom is 0.416 e. The minimum atomic E-state index is -4.42. The summed E-state index contributed by atoms with van der Waals surface area (Å²) in [7, 11) is 1.65. The Hall–Kier alpha value is -5.77. The average molecular weight is 934 g/mol. The van der Waals surface area contributed by atoms with E-state index in [-0.39, 0.29) is 29.4 Å². The van der Waals surface area contributed by atoms with E-state index >= 15 is 4.39 Å². The van der Waals surface area contributed by atoms with Gasteiger partial charge in [-0.2, -0.15) is 13.2 Å². The van der Waals surface area contributed by atoms with Gasteiger partial charge in [0, 0.05) is 90.7 Å². The first kappa shape index (κ1) is 45.0. The number of piperidine rings is 1. The highest BCUT2D eigenvalue weighted by Crippen LogP contribution is 2.50. The molecule has 2 N–H and O–H groups in total. The highest BCUT2D eigenvalue weighted by Gasteiger charge is 2.38. The Labute approximate surface area is 392 Å². The normalized spacial score (nSPS) is 20.7. The van der Waals surface area contributed by atoms with Gasteiger partial charge in [-0.3, -0.25) is 14.5 Å². The zero-order chi connectivity index (χ0) is 46.9. The molecule has 0 spiro atoms. The fourth-order valence-electron chi connectivity index (χ4n) is 10.9. The molecule has 1 aliphatic carbocycles. The predicted octanol–water partition coefficient (Wildman–Crippen LogP) is 10.1. The number of phenols is 1. The molecule has 350 valence electrons. The highest BCUT2D eigenvalue weighted by atomic mass is 32.1. The quantitative estimate of drug-likeness (QED) is 0.146. The fraction of sp³-hybridized carbons (Fsp3) is 0.404. The van der Waals surface area contributed by atoms with E-state index in [1.807, 2.05) is 32.0 Å². The van der Waals surface area contributed by atoms with Gasteiger partial charge in [-0.25, -0.2) is 4.39 Å². The monoisotopic (exact) mass is 933 g/mol. The molecule has 0 bridgehead atoms. The van der Waals surface area contributed by atoms with Crippen LogP contribution in [0, 0.1) is 26.6 Å². The van der Waals surface area contributed by atoms with Crippen LogP contribution in [0.1, 0.15) is 105 Å². The second-order valence-corrected chi connectivity index (χ2v) is 20.0. The van der Waals surface area contributed by atoms with Crippen molar-refractivity contribution in [2.45, 2.75) is 83.0 Å². The summed E-state index contributed by atoms with van der Waals surface area (Å²) in [5.74, 6) is 1.78. The third-order valence-electron chi connectivity index (χ3n) is 14.7. The van der Waals surface area contributed by atoms with Crippen LogP contribution < -0.4 is 14.5 Å². The number of nitrogens with zero attached hydrogens (tertiary/aromatic N) is 7. The van der Waals surface area contributed by atoms with Crippen LogP contribution in [0.3, 0.4) is 0 Å². The summed E-state index contributed by atoms with van der Waals surface area (Å²) >= 11 is 1.65. The summed E-state index contributed by atoms with van der Waals surface area (Å²) in [6, 6.07) is 22.3. The summed E-state index contributed by atoms with van der Waals surface area (Å²) < 4.78 is 65.0. The molecule has 15 heteroatoms. The molecule has 3 atom stereocenters. The molecular formula is C52H55F4N7O3S. The van der Waals surface area contributed by atoms with E-state index in [0.29, 0.717) is 62.3 Å². The van der Waals surface area contributed by atoms with Crippen LogP contribution in [0.2, 0.25) is 0 Å². The van der Waals surface area contributed by atoms with Crippen molar-refractivity contribution in [2.24, 2.45) is 4.99 Å². The number of piperazine rings is 1. The number of β-amino-alcohol motifs (C(OH)–C–C–N with tert-alkyl or cyclic N) is 1. The van der Waals surface area contributed by atoms with Gasteiger partial charge < -0.3 is 24.7 Å². The van der Waals surface area contributed by atoms with E-state index in [1.54, 1.807) is 48.8 Å². The minimum Gasteiger partial charge on any atom is -0.508 e. The Kier molecular flexibility index (Phi) is 11.7. The number of rotatable bonds is 8. The molecule has 0 saturated carbocycles. The molecule has 10 nitrogen and oxygen atoms in total. The maximum absolute atomic E-state index is 16.3. The van der Waals surface area contributed by atoms with Gasteiger partial charge in [-0.15, -0.1) is 21.5 Å². The van der Waals surface area contributed by atoms with Gasteiger partial charge in [0.1, 0.15) is 34.2 Å². The number of ether oxygens (including phenoxy) is 1. The summed E-state index contributed by atoms with van der Waals surface area (Å²) in [6.45, 7) is 12.8. The van der Waals surface area contributed by atoms with Crippen molar-refractivity contribution in [2.75, 3.05) is 62.7 Å². The van der Waals surface area contributed by atoms with E-state index in [0.717, 1.165) is 105 Å². The number of halogens is 4. The van der Waals surface area contributed by atoms with E-state index in [1.165, 1.54) is 0 Å². The summed E-state index contributed by atoms with van der Waals surface area (Å²) in [5, 5.41) is 31.9. The summed E-state index contributed by atoms with van der Waals surface area (Å²) in [6.07, 6.45) is -1.90. The summed E-state index contributed by atoms with van der Waals surface area (Å²) in [5.41, 5.74) is 7.16. The van der Waals surface area contributed by atoms with Crippen LogP contribution in [0.25, 0.3) is 5.00 Å². The predicted molar refractivity (Wildman–Crippen MR) is 254 cm³/mol. The van der Waals surface area contributed by atoms with Crippen molar-refractivity contribution in [1.82, 2.24) is 19.7 Å². The number of aryl methyl sites for hydroxylation is 3. The number of hydrogen-bond acceptors (Lipinski definition) is 10. The van der Waals surface area contributed by atoms with Gasteiger partial charge in [-0.1, -0.05) is 24.3 Å². The number of thiophene rings is 1. The van der Waals surface area contributed by atoms with Crippen molar-refractivity contribution >= 4 is 28.4 Å². The number of alkyl halides is 3. The molecule has 2 saturated heterocycles. The molecule has 5 heterocycles. The molecular weight excluding hydrogens is 879 g/mol. The maximum atomic E-state index is 16.3. The Morgan fingerprint density at radius 2 is 1.52 bits per heavy atom. The number of phenolic OH excluding ortho intramolecular Hbond substituents is 1. The van der Waals surface area contributed by atoms with Crippen LogP contribution in [0.15, 0.2) is 83.9 Å². The van der Waals surface area contributed by atoms with Crippen molar-refractivity contribution in [3.63, 3.8) is 0 Å². The molecule has 0 radical (unpaired) electrons. The Morgan fingerprint density at radius 3 is 2.22 bits per heavy atom. The Bertz CT molecular complexity index is 2860. The largest absolute Gasteiger partial charge is 0.508 e. The van der Waals surface area contributed by atoms with Gasteiger partial charge in [0.15, 0.2) is 5.82 Å². The van der Waals surface area contributed by atoms with Gasteiger partial charge in [0.25, 0.3) is 0 Å². The average Bonchev–Trinajstić information content (AvgIpc) is 3.80. The second-order valence-electron chi connectivity index (χ2n) is 18.7. The van der Waals surface area contributed by atoms with Gasteiger partial charge >= 0.3 is 6.18 Å². The number of anilines is 2. The lowest BCUT2D eigenvalue weighted by Crippen LogP contribution is -2.55. The number of aromatic nitrogens is 3. The number of benzene rings is 4. The van der Waals surface area contributed by atoms with E-state index in [4.69, 9.17) is 9.73 Å². The van der Waals surface area contributed by atoms with Crippen LogP contribution in [0.5, 0.6) is 11.5 Å². The highest BCUT2D eigenvalue weighted by molar-refractivity contribution is 7.15. The lowest BCUT2D eigenvalue weighted by molar-refractivity contribution is -0.137. The summed E-state index contributed by atoms with van der Waals surface area (Å²) in [4.78, 5) is 13.0. The van der Waals surface area contributed by atoms with Crippen LogP contribution in [-0.2, 0) is 12.6 Å². The van der Waals surface area contributed by atoms with Gasteiger partial charge in [0.05, 0.1) is 24.0 Å². The molecule has 6 aromatic rings. The first-order valence-electron chi connectivity index (χ1n) is 23.1. The molecule has 4 aromatic carbocycles. The second kappa shape index (κ2) is 17.4. The van der Waals surface area contributed by atoms with Crippen LogP contribution >= 0.6 is 11.3 Å². The SMILES string of the molecule is COc1cc(N2CCN(CC3(O)CCN(c4ccc(C5=N[C@@H](C)c6nnc(C)n6-c6sc(C)c(C)c65)c(F)c4)CC3)CC2)ccc1[C@@H]1c2ccc(O)cc2CC[C@@H]1c1ccc(C(F)(F)F)cc1. The smallest absolute Gasteiger partial charge is 0.416 e. The molecule has 10 rings (SSSR count). The zero-order valence-corrected chi connectivity index (χ0v) is 39.2. The van der Waals surface area contributed by atoms with Gasteiger partial charge in [0.2, 0.25) is 0 Å². The first-order valence-corrected chi connectivity index (χ1v) is 23.9. The number of aliphatic hydroxyl groups is 1. The van der Waals surface area contributed by atoms with Crippen molar-refractivity contribution < 1.29 is 32.5 Å². The molecule has 4 aliphatic rings. The number of aromatic hydroxyl groups is 1. The van der Waals surface area contributed by atoms with Crippen molar-refractivity contribution in [3.05, 3.63) is 146 Å². The third kappa shape index (κ3) is 8.37. The molecule has 2 aromatic heterocycles. The van der Waals surface area contributed by atoms with E-state index in [9.17, 15) is 23.4 Å². The number of aliphatic imine (C=N–C) groups is 1. The van der Waals surface area contributed by atoms with Crippen LogP contribution in [0.4, 0.5) is 28.9 Å². The molecule has 67 heavy (non-hydrogen) atoms. The topological polar surface area (TPSA) is 102 Å².